The van der Waals surface area contributed by atoms with Crippen molar-refractivity contribution in [2.24, 2.45) is 5.73 Å². The number of benzene rings is 2. The summed E-state index contributed by atoms with van der Waals surface area (Å²) in [6, 6.07) is 17.5. The van der Waals surface area contributed by atoms with Crippen molar-refractivity contribution in [2.45, 2.75) is 25.8 Å². The molecule has 2 nitrogen and oxygen atoms in total. The van der Waals surface area contributed by atoms with E-state index in [4.69, 9.17) is 5.73 Å². The number of hydrogen-bond acceptors (Lipinski definition) is 2. The average molecular weight is 266 g/mol. The van der Waals surface area contributed by atoms with E-state index in [9.17, 15) is 0 Å². The van der Waals surface area contributed by atoms with E-state index < -0.39 is 0 Å². The van der Waals surface area contributed by atoms with Crippen LogP contribution in [-0.4, -0.2) is 13.1 Å². The van der Waals surface area contributed by atoms with E-state index in [0.717, 1.165) is 25.9 Å². The van der Waals surface area contributed by atoms with Crippen LogP contribution in [0.4, 0.5) is 5.69 Å². The fourth-order valence-electron chi connectivity index (χ4n) is 2.91. The van der Waals surface area contributed by atoms with Gasteiger partial charge in [-0.1, -0.05) is 42.5 Å². The molecule has 2 aromatic rings. The first-order valence-electron chi connectivity index (χ1n) is 7.41. The van der Waals surface area contributed by atoms with Crippen LogP contribution in [0.2, 0.25) is 0 Å². The summed E-state index contributed by atoms with van der Waals surface area (Å²) in [5.41, 5.74) is 11.5. The van der Waals surface area contributed by atoms with Gasteiger partial charge >= 0.3 is 0 Å². The SMILES string of the molecule is CC(N)c1ccc2c(c1)CCN2CCc1ccccc1. The van der Waals surface area contributed by atoms with Crippen LogP contribution in [0.5, 0.6) is 0 Å². The van der Waals surface area contributed by atoms with Crippen LogP contribution in [0.15, 0.2) is 48.5 Å². The summed E-state index contributed by atoms with van der Waals surface area (Å²) < 4.78 is 0. The summed E-state index contributed by atoms with van der Waals surface area (Å²) in [6.45, 7) is 4.27. The summed E-state index contributed by atoms with van der Waals surface area (Å²) >= 11 is 0. The minimum atomic E-state index is 0.124. The first-order chi connectivity index (χ1) is 9.74. The van der Waals surface area contributed by atoms with Crippen molar-refractivity contribution in [2.75, 3.05) is 18.0 Å². The largest absolute Gasteiger partial charge is 0.371 e. The maximum absolute atomic E-state index is 5.96. The first kappa shape index (κ1) is 13.2. The van der Waals surface area contributed by atoms with Gasteiger partial charge in [-0.15, -0.1) is 0 Å². The molecule has 0 spiro atoms. The Morgan fingerprint density at radius 2 is 1.95 bits per heavy atom. The lowest BCUT2D eigenvalue weighted by atomic mass is 10.0. The van der Waals surface area contributed by atoms with Crippen LogP contribution in [0.3, 0.4) is 0 Å². The zero-order valence-electron chi connectivity index (χ0n) is 12.0. The van der Waals surface area contributed by atoms with Crippen LogP contribution in [0.25, 0.3) is 0 Å². The van der Waals surface area contributed by atoms with Crippen molar-refractivity contribution in [3.8, 4) is 0 Å². The molecule has 2 N–H and O–H groups in total. The molecule has 2 aromatic carbocycles. The molecule has 1 heterocycles. The molecule has 0 fully saturated rings. The van der Waals surface area contributed by atoms with Gasteiger partial charge in [0.15, 0.2) is 0 Å². The van der Waals surface area contributed by atoms with E-state index in [2.05, 4.69) is 53.4 Å². The molecule has 104 valence electrons. The van der Waals surface area contributed by atoms with Gasteiger partial charge in [0.05, 0.1) is 0 Å². The van der Waals surface area contributed by atoms with Crippen molar-refractivity contribution in [3.05, 3.63) is 65.2 Å². The van der Waals surface area contributed by atoms with Crippen molar-refractivity contribution in [1.29, 1.82) is 0 Å². The van der Waals surface area contributed by atoms with Crippen LogP contribution in [0, 0.1) is 0 Å². The monoisotopic (exact) mass is 266 g/mol. The Kier molecular flexibility index (Phi) is 3.75. The van der Waals surface area contributed by atoms with Gasteiger partial charge in [-0.3, -0.25) is 0 Å². The number of nitrogens with two attached hydrogens (primary N) is 1. The van der Waals surface area contributed by atoms with E-state index in [-0.39, 0.29) is 6.04 Å². The Morgan fingerprint density at radius 1 is 1.15 bits per heavy atom. The topological polar surface area (TPSA) is 29.3 Å². The number of anilines is 1. The standard InChI is InChI=1S/C18H22N2/c1-14(19)16-7-8-18-17(13-16)10-12-20(18)11-9-15-5-3-2-4-6-15/h2-8,13-14H,9-12,19H2,1H3. The number of fused-ring (bicyclic) bond motifs is 1. The van der Waals surface area contributed by atoms with Gasteiger partial charge in [0.25, 0.3) is 0 Å². The lowest BCUT2D eigenvalue weighted by molar-refractivity contribution is 0.813. The van der Waals surface area contributed by atoms with Gasteiger partial charge < -0.3 is 10.6 Å². The van der Waals surface area contributed by atoms with Crippen molar-refractivity contribution >= 4 is 5.69 Å². The second-order valence-corrected chi connectivity index (χ2v) is 5.65. The summed E-state index contributed by atoms with van der Waals surface area (Å²) in [5, 5.41) is 0. The van der Waals surface area contributed by atoms with E-state index >= 15 is 0 Å². The van der Waals surface area contributed by atoms with Crippen LogP contribution in [0.1, 0.15) is 29.7 Å². The zero-order valence-corrected chi connectivity index (χ0v) is 12.0. The quantitative estimate of drug-likeness (QED) is 0.920. The minimum absolute atomic E-state index is 0.124. The molecule has 0 saturated carbocycles. The molecule has 0 amide bonds. The Bertz CT molecular complexity index is 575. The zero-order chi connectivity index (χ0) is 13.9. The first-order valence-corrected chi connectivity index (χ1v) is 7.41. The van der Waals surface area contributed by atoms with Crippen molar-refractivity contribution < 1.29 is 0 Å². The van der Waals surface area contributed by atoms with Crippen LogP contribution < -0.4 is 10.6 Å². The second-order valence-electron chi connectivity index (χ2n) is 5.65. The van der Waals surface area contributed by atoms with Gasteiger partial charge in [0, 0.05) is 24.8 Å². The Balaban J connectivity index is 1.70. The minimum Gasteiger partial charge on any atom is -0.371 e. The van der Waals surface area contributed by atoms with E-state index in [0.29, 0.717) is 0 Å². The van der Waals surface area contributed by atoms with Gasteiger partial charge in [-0.05, 0) is 42.5 Å². The van der Waals surface area contributed by atoms with Gasteiger partial charge in [-0.25, -0.2) is 0 Å². The molecular weight excluding hydrogens is 244 g/mol. The lowest BCUT2D eigenvalue weighted by Gasteiger charge is -2.20. The maximum Gasteiger partial charge on any atom is 0.0399 e. The molecule has 1 aliphatic rings. The van der Waals surface area contributed by atoms with E-state index in [1.807, 2.05) is 6.92 Å². The lowest BCUT2D eigenvalue weighted by Crippen LogP contribution is -2.23. The van der Waals surface area contributed by atoms with Crippen LogP contribution in [-0.2, 0) is 12.8 Å². The molecule has 0 aromatic heterocycles. The molecule has 0 aliphatic carbocycles. The Labute approximate surface area is 121 Å². The molecule has 1 aliphatic heterocycles. The molecule has 0 bridgehead atoms. The van der Waals surface area contributed by atoms with Gasteiger partial charge in [-0.2, -0.15) is 0 Å². The predicted octanol–water partition coefficient (Wildman–Crippen LogP) is 3.31. The second kappa shape index (κ2) is 5.68. The molecule has 3 rings (SSSR count). The van der Waals surface area contributed by atoms with E-state index in [1.165, 1.54) is 22.4 Å². The fraction of sp³-hybridized carbons (Fsp3) is 0.333. The Morgan fingerprint density at radius 3 is 2.70 bits per heavy atom. The average Bonchev–Trinajstić information content (AvgIpc) is 2.88. The maximum atomic E-state index is 5.96. The fourth-order valence-corrected chi connectivity index (χ4v) is 2.91. The smallest absolute Gasteiger partial charge is 0.0399 e. The third-order valence-corrected chi connectivity index (χ3v) is 4.13. The molecule has 20 heavy (non-hydrogen) atoms. The summed E-state index contributed by atoms with van der Waals surface area (Å²) in [6.07, 6.45) is 2.25. The molecular formula is C18H22N2. The third kappa shape index (κ3) is 2.70. The van der Waals surface area contributed by atoms with Gasteiger partial charge in [0.2, 0.25) is 0 Å². The predicted molar refractivity (Wildman–Crippen MR) is 85.1 cm³/mol. The summed E-state index contributed by atoms with van der Waals surface area (Å²) in [7, 11) is 0. The highest BCUT2D eigenvalue weighted by molar-refractivity contribution is 5.59. The van der Waals surface area contributed by atoms with Crippen molar-refractivity contribution in [3.63, 3.8) is 0 Å². The normalized spacial score (nSPS) is 15.2. The summed E-state index contributed by atoms with van der Waals surface area (Å²) in [4.78, 5) is 2.49. The van der Waals surface area contributed by atoms with Crippen LogP contribution >= 0.6 is 0 Å². The number of rotatable bonds is 4. The van der Waals surface area contributed by atoms with Crippen molar-refractivity contribution in [1.82, 2.24) is 0 Å². The summed E-state index contributed by atoms with van der Waals surface area (Å²) in [5.74, 6) is 0. The highest BCUT2D eigenvalue weighted by Crippen LogP contribution is 2.30. The number of hydrogen-bond donors (Lipinski definition) is 1. The highest BCUT2D eigenvalue weighted by atomic mass is 15.1. The third-order valence-electron chi connectivity index (χ3n) is 4.13. The molecule has 0 saturated heterocycles. The Hall–Kier alpha value is -1.80. The molecule has 0 radical (unpaired) electrons. The molecule has 2 heteroatoms. The van der Waals surface area contributed by atoms with Gasteiger partial charge in [0.1, 0.15) is 0 Å². The number of nitrogens with zero attached hydrogens (tertiary/aromatic N) is 1. The molecule has 1 atom stereocenters. The molecule has 1 unspecified atom stereocenters. The van der Waals surface area contributed by atoms with E-state index in [1.54, 1.807) is 0 Å². The highest BCUT2D eigenvalue weighted by Gasteiger charge is 2.19.